The molecule has 1 aliphatic carbocycles. The van der Waals surface area contributed by atoms with Crippen molar-refractivity contribution in [3.05, 3.63) is 36.2 Å². The zero-order valence-electron chi connectivity index (χ0n) is 13.4. The third-order valence-electron chi connectivity index (χ3n) is 3.87. The Balaban J connectivity index is 1.57. The quantitative estimate of drug-likeness (QED) is 0.467. The number of nitrogens with zero attached hydrogens (tertiary/aromatic N) is 2. The van der Waals surface area contributed by atoms with Crippen molar-refractivity contribution in [3.8, 4) is 0 Å². The Hall–Kier alpha value is -1.91. The number of hydrogen-bond donors (Lipinski definition) is 3. The molecule has 1 aromatic carbocycles. The first kappa shape index (κ1) is 17.9. The van der Waals surface area contributed by atoms with Crippen LogP contribution in [-0.2, 0) is 10.0 Å². The maximum Gasteiger partial charge on any atom is 0.251 e. The van der Waals surface area contributed by atoms with E-state index in [1.807, 2.05) is 0 Å². The summed E-state index contributed by atoms with van der Waals surface area (Å²) in [7, 11) is -3.67. The summed E-state index contributed by atoms with van der Waals surface area (Å²) in [4.78, 5) is 16.2. The molecule has 0 bridgehead atoms. The van der Waals surface area contributed by atoms with Crippen molar-refractivity contribution in [2.45, 2.75) is 35.4 Å². The molecule has 1 saturated carbocycles. The molecule has 2 aromatic rings. The highest BCUT2D eigenvalue weighted by Crippen LogP contribution is 2.19. The first-order valence-electron chi connectivity index (χ1n) is 7.93. The second-order valence-electron chi connectivity index (χ2n) is 5.67. The van der Waals surface area contributed by atoms with E-state index in [2.05, 4.69) is 25.2 Å². The summed E-state index contributed by atoms with van der Waals surface area (Å²) in [5.41, 5.74) is 0.353. The average Bonchev–Trinajstić information content (AvgIpc) is 3.08. The Kier molecular flexibility index (Phi) is 5.71. The van der Waals surface area contributed by atoms with Crippen LogP contribution in [0, 0.1) is 0 Å². The van der Waals surface area contributed by atoms with E-state index in [9.17, 15) is 13.2 Å². The number of amides is 1. The summed E-state index contributed by atoms with van der Waals surface area (Å²) in [6.07, 6.45) is 4.48. The van der Waals surface area contributed by atoms with Crippen molar-refractivity contribution in [2.24, 2.45) is 0 Å². The second kappa shape index (κ2) is 7.98. The van der Waals surface area contributed by atoms with Gasteiger partial charge in [0.1, 0.15) is 6.33 Å². The van der Waals surface area contributed by atoms with Gasteiger partial charge in [-0.15, -0.1) is 0 Å². The molecule has 1 heterocycles. The number of H-pyrrole nitrogens is 1. The lowest BCUT2D eigenvalue weighted by molar-refractivity contribution is 0.0916. The Morgan fingerprint density at radius 3 is 2.88 bits per heavy atom. The molecule has 0 radical (unpaired) electrons. The summed E-state index contributed by atoms with van der Waals surface area (Å²) in [6.45, 7) is 0.242. The molecule has 3 rings (SSSR count). The van der Waals surface area contributed by atoms with Crippen LogP contribution in [0.3, 0.4) is 0 Å². The average molecular weight is 381 g/mol. The molecule has 134 valence electrons. The monoisotopic (exact) mass is 381 g/mol. The van der Waals surface area contributed by atoms with Crippen molar-refractivity contribution >= 4 is 27.7 Å². The van der Waals surface area contributed by atoms with Gasteiger partial charge in [-0.2, -0.15) is 5.10 Å². The number of benzene rings is 1. The summed E-state index contributed by atoms with van der Waals surface area (Å²) >= 11 is 1.37. The lowest BCUT2D eigenvalue weighted by Gasteiger charge is -2.26. The van der Waals surface area contributed by atoms with Gasteiger partial charge in [0.05, 0.1) is 4.90 Å². The van der Waals surface area contributed by atoms with E-state index in [1.54, 1.807) is 12.1 Å². The molecular formula is C15H19N5O3S2. The lowest BCUT2D eigenvalue weighted by atomic mass is 9.93. The molecule has 0 unspecified atom stereocenters. The summed E-state index contributed by atoms with van der Waals surface area (Å²) in [6, 6.07) is 6.28. The Bertz CT molecular complexity index is 819. The van der Waals surface area contributed by atoms with Crippen LogP contribution >= 0.6 is 11.8 Å². The number of aromatic nitrogens is 3. The van der Waals surface area contributed by atoms with E-state index >= 15 is 0 Å². The number of aromatic amines is 1. The van der Waals surface area contributed by atoms with Crippen molar-refractivity contribution in [3.63, 3.8) is 0 Å². The first-order valence-corrected chi connectivity index (χ1v) is 10.4. The number of thioether (sulfide) groups is 1. The highest BCUT2D eigenvalue weighted by atomic mass is 32.2. The van der Waals surface area contributed by atoms with Gasteiger partial charge in [-0.05, 0) is 37.5 Å². The van der Waals surface area contributed by atoms with Gasteiger partial charge in [0.2, 0.25) is 10.0 Å². The molecule has 0 spiro atoms. The number of carbonyl (C=O) groups is 1. The zero-order valence-corrected chi connectivity index (χ0v) is 15.1. The van der Waals surface area contributed by atoms with E-state index in [4.69, 9.17) is 0 Å². The van der Waals surface area contributed by atoms with Crippen molar-refractivity contribution in [1.82, 2.24) is 25.2 Å². The molecule has 1 fully saturated rings. The van der Waals surface area contributed by atoms with Gasteiger partial charge in [-0.1, -0.05) is 17.8 Å². The summed E-state index contributed by atoms with van der Waals surface area (Å²) in [5, 5.41) is 9.95. The molecule has 10 heteroatoms. The van der Waals surface area contributed by atoms with Crippen LogP contribution < -0.4 is 10.0 Å². The summed E-state index contributed by atoms with van der Waals surface area (Å²) in [5.74, 6) is 0.277. The van der Waals surface area contributed by atoms with E-state index in [-0.39, 0.29) is 23.4 Å². The smallest absolute Gasteiger partial charge is 0.251 e. The van der Waals surface area contributed by atoms with Crippen LogP contribution in [0.2, 0.25) is 0 Å². The van der Waals surface area contributed by atoms with Crippen LogP contribution in [0.4, 0.5) is 0 Å². The molecule has 3 N–H and O–H groups in total. The summed E-state index contributed by atoms with van der Waals surface area (Å²) < 4.78 is 27.3. The van der Waals surface area contributed by atoms with Gasteiger partial charge in [0.15, 0.2) is 5.16 Å². The number of carbonyl (C=O) groups excluding carboxylic acids is 1. The van der Waals surface area contributed by atoms with E-state index < -0.39 is 10.0 Å². The van der Waals surface area contributed by atoms with Crippen LogP contribution in [0.5, 0.6) is 0 Å². The number of nitrogens with one attached hydrogen (secondary N) is 3. The molecule has 8 nitrogen and oxygen atoms in total. The third kappa shape index (κ3) is 4.80. The fourth-order valence-electron chi connectivity index (χ4n) is 2.30. The minimum absolute atomic E-state index is 0.0819. The second-order valence-corrected chi connectivity index (χ2v) is 8.52. The molecule has 1 aromatic heterocycles. The maximum absolute atomic E-state index is 12.4. The van der Waals surface area contributed by atoms with Gasteiger partial charge >= 0.3 is 0 Å². The van der Waals surface area contributed by atoms with Crippen LogP contribution in [0.25, 0.3) is 0 Å². The normalized spacial score (nSPS) is 14.9. The number of rotatable bonds is 8. The van der Waals surface area contributed by atoms with Crippen LogP contribution in [-0.4, -0.2) is 47.8 Å². The van der Waals surface area contributed by atoms with Gasteiger partial charge in [0, 0.05) is 23.9 Å². The fourth-order valence-corrected chi connectivity index (χ4v) is 4.14. The van der Waals surface area contributed by atoms with Crippen LogP contribution in [0.1, 0.15) is 29.6 Å². The predicted octanol–water partition coefficient (Wildman–Crippen LogP) is 1.16. The van der Waals surface area contributed by atoms with E-state index in [1.165, 1.54) is 30.2 Å². The lowest BCUT2D eigenvalue weighted by Crippen LogP contribution is -2.39. The van der Waals surface area contributed by atoms with Gasteiger partial charge in [-0.25, -0.2) is 18.1 Å². The zero-order chi connectivity index (χ0) is 17.7. The number of hydrogen-bond acceptors (Lipinski definition) is 6. The molecule has 0 atom stereocenters. The molecule has 0 aliphatic heterocycles. The van der Waals surface area contributed by atoms with Gasteiger partial charge < -0.3 is 5.32 Å². The van der Waals surface area contributed by atoms with Crippen LogP contribution in [0.15, 0.2) is 40.6 Å². The molecule has 1 aliphatic rings. The first-order chi connectivity index (χ1) is 12.0. The SMILES string of the molecule is O=C(NC1CCC1)c1cccc(S(=O)(=O)NCCSc2ncn[nH]2)c1. The molecule has 25 heavy (non-hydrogen) atoms. The Morgan fingerprint density at radius 2 is 2.20 bits per heavy atom. The highest BCUT2D eigenvalue weighted by molar-refractivity contribution is 7.99. The Morgan fingerprint density at radius 1 is 1.36 bits per heavy atom. The number of sulfonamides is 1. The van der Waals surface area contributed by atoms with Gasteiger partial charge in [0.25, 0.3) is 5.91 Å². The maximum atomic E-state index is 12.4. The molecular weight excluding hydrogens is 362 g/mol. The molecule has 0 saturated heterocycles. The highest BCUT2D eigenvalue weighted by Gasteiger charge is 2.21. The Labute approximate surface area is 150 Å². The minimum Gasteiger partial charge on any atom is -0.349 e. The standard InChI is InChI=1S/C15H19N5O3S2/c21-14(19-12-4-2-5-12)11-3-1-6-13(9-11)25(22,23)18-7-8-24-15-16-10-17-20-15/h1,3,6,9-10,12,18H,2,4-5,7-8H2,(H,19,21)(H,16,17,20). The van der Waals surface area contributed by atoms with E-state index in [0.29, 0.717) is 16.5 Å². The van der Waals surface area contributed by atoms with Crippen molar-refractivity contribution < 1.29 is 13.2 Å². The third-order valence-corrected chi connectivity index (χ3v) is 6.21. The predicted molar refractivity (Wildman–Crippen MR) is 93.8 cm³/mol. The van der Waals surface area contributed by atoms with Crippen molar-refractivity contribution in [2.75, 3.05) is 12.3 Å². The fraction of sp³-hybridized carbons (Fsp3) is 0.400. The van der Waals surface area contributed by atoms with Crippen molar-refractivity contribution in [1.29, 1.82) is 0 Å². The van der Waals surface area contributed by atoms with E-state index in [0.717, 1.165) is 19.3 Å². The minimum atomic E-state index is -3.67. The molecule has 1 amide bonds. The largest absolute Gasteiger partial charge is 0.349 e. The van der Waals surface area contributed by atoms with Gasteiger partial charge in [-0.3, -0.25) is 9.89 Å². The topological polar surface area (TPSA) is 117 Å².